The first-order valence-corrected chi connectivity index (χ1v) is 7.35. The second kappa shape index (κ2) is 8.57. The molecule has 2 N–H and O–H groups in total. The van der Waals surface area contributed by atoms with E-state index >= 15 is 0 Å². The van der Waals surface area contributed by atoms with E-state index in [0.29, 0.717) is 13.2 Å². The van der Waals surface area contributed by atoms with Crippen LogP contribution >= 0.6 is 0 Å². The molecular formula is C19H22N2O. The fourth-order valence-electron chi connectivity index (χ4n) is 2.00. The van der Waals surface area contributed by atoms with Crippen molar-refractivity contribution in [3.63, 3.8) is 0 Å². The number of anilines is 1. The Bertz CT molecular complexity index is 620. The van der Waals surface area contributed by atoms with Gasteiger partial charge in [0.25, 0.3) is 0 Å². The number of rotatable bonds is 8. The van der Waals surface area contributed by atoms with E-state index in [4.69, 9.17) is 4.74 Å². The van der Waals surface area contributed by atoms with Gasteiger partial charge in [-0.2, -0.15) is 0 Å². The van der Waals surface area contributed by atoms with Gasteiger partial charge in [0.15, 0.2) is 0 Å². The van der Waals surface area contributed by atoms with Crippen LogP contribution in [-0.2, 0) is 6.61 Å². The Labute approximate surface area is 132 Å². The Balaban J connectivity index is 1.91. The average Bonchev–Trinajstić information content (AvgIpc) is 2.58. The maximum absolute atomic E-state index is 5.83. The van der Waals surface area contributed by atoms with E-state index < -0.39 is 0 Å². The van der Waals surface area contributed by atoms with Gasteiger partial charge in [-0.05, 0) is 30.8 Å². The van der Waals surface area contributed by atoms with Gasteiger partial charge in [-0.15, -0.1) is 0 Å². The standard InChI is InChI=1S/C19H22N2O/c1-3-17(20-4-2)14-21-18-11-8-12-19(13-18)22-15-16-9-6-5-7-10-16/h3-13,20-21H,2,14-15H2,1H3/b17-3-. The summed E-state index contributed by atoms with van der Waals surface area (Å²) in [7, 11) is 0. The van der Waals surface area contributed by atoms with E-state index in [-0.39, 0.29) is 0 Å². The van der Waals surface area contributed by atoms with Gasteiger partial charge in [0.05, 0.1) is 6.54 Å². The van der Waals surface area contributed by atoms with Crippen LogP contribution in [0.1, 0.15) is 12.5 Å². The minimum Gasteiger partial charge on any atom is -0.489 e. The van der Waals surface area contributed by atoms with Crippen LogP contribution in [0.5, 0.6) is 5.75 Å². The molecule has 0 amide bonds. The van der Waals surface area contributed by atoms with Crippen molar-refractivity contribution in [2.24, 2.45) is 0 Å². The van der Waals surface area contributed by atoms with Gasteiger partial charge in [-0.3, -0.25) is 0 Å². The molecule has 2 aromatic rings. The lowest BCUT2D eigenvalue weighted by molar-refractivity contribution is 0.306. The molecule has 2 aromatic carbocycles. The molecule has 0 radical (unpaired) electrons. The highest BCUT2D eigenvalue weighted by molar-refractivity contribution is 5.49. The molecule has 0 aliphatic carbocycles. The normalized spacial score (nSPS) is 10.9. The third-order valence-corrected chi connectivity index (χ3v) is 3.20. The number of nitrogens with one attached hydrogen (secondary N) is 2. The molecule has 0 bridgehead atoms. The molecule has 0 fully saturated rings. The molecule has 0 heterocycles. The summed E-state index contributed by atoms with van der Waals surface area (Å²) in [5, 5.41) is 6.46. The number of benzene rings is 2. The van der Waals surface area contributed by atoms with Gasteiger partial charge in [-0.1, -0.05) is 49.1 Å². The summed E-state index contributed by atoms with van der Waals surface area (Å²) in [6.07, 6.45) is 3.70. The molecule has 0 aliphatic rings. The van der Waals surface area contributed by atoms with E-state index in [1.165, 1.54) is 0 Å². The van der Waals surface area contributed by atoms with Gasteiger partial charge in [0.1, 0.15) is 12.4 Å². The highest BCUT2D eigenvalue weighted by atomic mass is 16.5. The molecule has 22 heavy (non-hydrogen) atoms. The maximum Gasteiger partial charge on any atom is 0.121 e. The fourth-order valence-corrected chi connectivity index (χ4v) is 2.00. The highest BCUT2D eigenvalue weighted by Gasteiger charge is 1.99. The minimum atomic E-state index is 0.572. The van der Waals surface area contributed by atoms with Gasteiger partial charge in [-0.25, -0.2) is 0 Å². The van der Waals surface area contributed by atoms with Gasteiger partial charge >= 0.3 is 0 Å². The summed E-state index contributed by atoms with van der Waals surface area (Å²) in [5.41, 5.74) is 3.26. The minimum absolute atomic E-state index is 0.572. The summed E-state index contributed by atoms with van der Waals surface area (Å²) < 4.78 is 5.83. The van der Waals surface area contributed by atoms with Crippen LogP contribution in [0, 0.1) is 0 Å². The van der Waals surface area contributed by atoms with Crippen LogP contribution in [0.15, 0.2) is 79.1 Å². The summed E-state index contributed by atoms with van der Waals surface area (Å²) in [4.78, 5) is 0. The zero-order valence-corrected chi connectivity index (χ0v) is 12.9. The number of ether oxygens (including phenoxy) is 1. The van der Waals surface area contributed by atoms with Gasteiger partial charge in [0.2, 0.25) is 0 Å². The van der Waals surface area contributed by atoms with Crippen molar-refractivity contribution in [3.8, 4) is 5.75 Å². The van der Waals surface area contributed by atoms with Crippen molar-refractivity contribution in [2.75, 3.05) is 11.9 Å². The molecule has 0 unspecified atom stereocenters. The average molecular weight is 294 g/mol. The Morgan fingerprint density at radius 3 is 2.68 bits per heavy atom. The summed E-state index contributed by atoms with van der Waals surface area (Å²) in [6, 6.07) is 18.1. The molecular weight excluding hydrogens is 272 g/mol. The molecule has 0 saturated carbocycles. The number of hydrogen-bond donors (Lipinski definition) is 2. The van der Waals surface area contributed by atoms with Gasteiger partial charge < -0.3 is 15.4 Å². The van der Waals surface area contributed by atoms with Crippen LogP contribution in [0.2, 0.25) is 0 Å². The van der Waals surface area contributed by atoms with Gasteiger partial charge in [0, 0.05) is 17.5 Å². The van der Waals surface area contributed by atoms with Crippen molar-refractivity contribution < 1.29 is 4.74 Å². The second-order valence-corrected chi connectivity index (χ2v) is 4.82. The molecule has 3 heteroatoms. The molecule has 0 saturated heterocycles. The van der Waals surface area contributed by atoms with E-state index in [1.54, 1.807) is 6.20 Å². The molecule has 0 aromatic heterocycles. The first kappa shape index (κ1) is 15.7. The summed E-state index contributed by atoms with van der Waals surface area (Å²) in [6.45, 7) is 6.95. The summed E-state index contributed by atoms with van der Waals surface area (Å²) in [5.74, 6) is 0.854. The van der Waals surface area contributed by atoms with Crippen LogP contribution < -0.4 is 15.4 Å². The van der Waals surface area contributed by atoms with E-state index in [2.05, 4.69) is 29.3 Å². The third kappa shape index (κ3) is 5.02. The van der Waals surface area contributed by atoms with E-state index in [0.717, 1.165) is 22.7 Å². The Morgan fingerprint density at radius 2 is 1.95 bits per heavy atom. The van der Waals surface area contributed by atoms with Crippen molar-refractivity contribution in [1.82, 2.24) is 5.32 Å². The molecule has 0 aliphatic heterocycles. The van der Waals surface area contributed by atoms with Crippen LogP contribution in [-0.4, -0.2) is 6.54 Å². The van der Waals surface area contributed by atoms with Crippen molar-refractivity contribution in [2.45, 2.75) is 13.5 Å². The lowest BCUT2D eigenvalue weighted by Crippen LogP contribution is -2.14. The predicted octanol–water partition coefficient (Wildman–Crippen LogP) is 4.31. The van der Waals surface area contributed by atoms with Crippen LogP contribution in [0.25, 0.3) is 0 Å². The Morgan fingerprint density at radius 1 is 1.14 bits per heavy atom. The number of allylic oxidation sites excluding steroid dienone is 1. The monoisotopic (exact) mass is 294 g/mol. The molecule has 2 rings (SSSR count). The van der Waals surface area contributed by atoms with Crippen molar-refractivity contribution in [3.05, 3.63) is 84.7 Å². The highest BCUT2D eigenvalue weighted by Crippen LogP contribution is 2.18. The molecule has 0 atom stereocenters. The Kier molecular flexibility index (Phi) is 6.12. The predicted molar refractivity (Wildman–Crippen MR) is 92.8 cm³/mol. The topological polar surface area (TPSA) is 33.3 Å². The lowest BCUT2D eigenvalue weighted by atomic mass is 10.2. The van der Waals surface area contributed by atoms with Crippen LogP contribution in [0.4, 0.5) is 5.69 Å². The first-order valence-electron chi connectivity index (χ1n) is 7.35. The largest absolute Gasteiger partial charge is 0.489 e. The smallest absolute Gasteiger partial charge is 0.121 e. The fraction of sp³-hybridized carbons (Fsp3) is 0.158. The quantitative estimate of drug-likeness (QED) is 0.761. The Hall–Kier alpha value is -2.68. The molecule has 114 valence electrons. The first-order chi connectivity index (χ1) is 10.8. The zero-order chi connectivity index (χ0) is 15.6. The zero-order valence-electron chi connectivity index (χ0n) is 12.9. The SMILES string of the molecule is C=CN/C(=C\C)CNc1cccc(OCc2ccccc2)c1. The molecule has 3 nitrogen and oxygen atoms in total. The van der Waals surface area contributed by atoms with E-state index in [9.17, 15) is 0 Å². The van der Waals surface area contributed by atoms with Crippen molar-refractivity contribution in [1.29, 1.82) is 0 Å². The van der Waals surface area contributed by atoms with E-state index in [1.807, 2.05) is 55.5 Å². The third-order valence-electron chi connectivity index (χ3n) is 3.20. The number of hydrogen-bond acceptors (Lipinski definition) is 3. The maximum atomic E-state index is 5.83. The van der Waals surface area contributed by atoms with Crippen molar-refractivity contribution >= 4 is 5.69 Å². The second-order valence-electron chi connectivity index (χ2n) is 4.82. The summed E-state index contributed by atoms with van der Waals surface area (Å²) >= 11 is 0. The molecule has 0 spiro atoms. The van der Waals surface area contributed by atoms with Crippen LogP contribution in [0.3, 0.4) is 0 Å². The lowest BCUT2D eigenvalue weighted by Gasteiger charge is -2.12.